The minimum absolute atomic E-state index is 0.0412. The monoisotopic (exact) mass is 235 g/mol. The van der Waals surface area contributed by atoms with Gasteiger partial charge in [-0.2, -0.15) is 5.10 Å². The molecule has 1 aromatic heterocycles. The van der Waals surface area contributed by atoms with Crippen molar-refractivity contribution in [1.82, 2.24) is 10.2 Å². The van der Waals surface area contributed by atoms with Gasteiger partial charge in [-0.3, -0.25) is 0 Å². The molecule has 4 heteroatoms. The van der Waals surface area contributed by atoms with Crippen LogP contribution >= 0.6 is 0 Å². The molecule has 0 saturated heterocycles. The predicted molar refractivity (Wildman–Crippen MR) is 67.8 cm³/mol. The van der Waals surface area contributed by atoms with Crippen molar-refractivity contribution < 1.29 is 5.11 Å². The Morgan fingerprint density at radius 1 is 1.18 bits per heavy atom. The highest BCUT2D eigenvalue weighted by Gasteiger charge is 2.18. The molecule has 0 radical (unpaired) electrons. The zero-order chi connectivity index (χ0) is 12.1. The lowest BCUT2D eigenvalue weighted by atomic mass is 10.1. The SMILES string of the molecule is CN(c1ccc(CO)nn1)C1CCCCCC1. The van der Waals surface area contributed by atoms with Crippen LogP contribution < -0.4 is 4.90 Å². The average molecular weight is 235 g/mol. The van der Waals surface area contributed by atoms with E-state index in [1.807, 2.05) is 12.1 Å². The lowest BCUT2D eigenvalue weighted by Crippen LogP contribution is -2.31. The van der Waals surface area contributed by atoms with Crippen LogP contribution in [0.3, 0.4) is 0 Å². The summed E-state index contributed by atoms with van der Waals surface area (Å²) in [5.74, 6) is 0.911. The van der Waals surface area contributed by atoms with Gasteiger partial charge in [-0.1, -0.05) is 25.7 Å². The molecule has 1 fully saturated rings. The number of aromatic nitrogens is 2. The fourth-order valence-electron chi connectivity index (χ4n) is 2.46. The standard InChI is InChI=1S/C13H21N3O/c1-16(12-6-4-2-3-5-7-12)13-9-8-11(10-17)14-15-13/h8-9,12,17H,2-7,10H2,1H3. The maximum atomic E-state index is 8.94. The highest BCUT2D eigenvalue weighted by atomic mass is 16.3. The molecule has 1 aliphatic rings. The number of anilines is 1. The first-order valence-electron chi connectivity index (χ1n) is 6.47. The summed E-state index contributed by atoms with van der Waals surface area (Å²) in [6.07, 6.45) is 7.85. The van der Waals surface area contributed by atoms with Crippen molar-refractivity contribution in [1.29, 1.82) is 0 Å². The van der Waals surface area contributed by atoms with Crippen molar-refractivity contribution in [2.24, 2.45) is 0 Å². The van der Waals surface area contributed by atoms with Gasteiger partial charge in [0.05, 0.1) is 12.3 Å². The van der Waals surface area contributed by atoms with E-state index in [0.717, 1.165) is 5.82 Å². The molecule has 1 saturated carbocycles. The predicted octanol–water partition coefficient (Wildman–Crippen LogP) is 2.13. The summed E-state index contributed by atoms with van der Waals surface area (Å²) in [5.41, 5.74) is 0.628. The minimum Gasteiger partial charge on any atom is -0.390 e. The number of aliphatic hydroxyl groups is 1. The highest BCUT2D eigenvalue weighted by Crippen LogP contribution is 2.23. The van der Waals surface area contributed by atoms with Crippen LogP contribution in [-0.4, -0.2) is 28.4 Å². The number of hydrogen-bond acceptors (Lipinski definition) is 4. The van der Waals surface area contributed by atoms with E-state index >= 15 is 0 Å². The molecule has 0 unspecified atom stereocenters. The van der Waals surface area contributed by atoms with Gasteiger partial charge in [0.1, 0.15) is 0 Å². The van der Waals surface area contributed by atoms with Crippen LogP contribution in [0.5, 0.6) is 0 Å². The maximum absolute atomic E-state index is 8.94. The van der Waals surface area contributed by atoms with Crippen molar-refractivity contribution in [3.05, 3.63) is 17.8 Å². The van der Waals surface area contributed by atoms with Crippen molar-refractivity contribution in [3.8, 4) is 0 Å². The van der Waals surface area contributed by atoms with E-state index in [4.69, 9.17) is 5.11 Å². The van der Waals surface area contributed by atoms with Gasteiger partial charge in [0, 0.05) is 13.1 Å². The van der Waals surface area contributed by atoms with Crippen molar-refractivity contribution in [3.63, 3.8) is 0 Å². The van der Waals surface area contributed by atoms with E-state index < -0.39 is 0 Å². The zero-order valence-electron chi connectivity index (χ0n) is 10.5. The second kappa shape index (κ2) is 5.96. The third kappa shape index (κ3) is 3.16. The molecule has 1 N–H and O–H groups in total. The summed E-state index contributed by atoms with van der Waals surface area (Å²) in [6.45, 7) is -0.0412. The fraction of sp³-hybridized carbons (Fsp3) is 0.692. The normalized spacial score (nSPS) is 17.8. The van der Waals surface area contributed by atoms with Gasteiger partial charge in [0.25, 0.3) is 0 Å². The number of nitrogens with zero attached hydrogens (tertiary/aromatic N) is 3. The zero-order valence-corrected chi connectivity index (χ0v) is 10.5. The average Bonchev–Trinajstić information content (AvgIpc) is 2.67. The highest BCUT2D eigenvalue weighted by molar-refractivity contribution is 5.37. The molecule has 0 bridgehead atoms. The van der Waals surface area contributed by atoms with Crippen molar-refractivity contribution in [2.45, 2.75) is 51.2 Å². The van der Waals surface area contributed by atoms with E-state index in [9.17, 15) is 0 Å². The summed E-state index contributed by atoms with van der Waals surface area (Å²) in [5, 5.41) is 17.1. The van der Waals surface area contributed by atoms with Gasteiger partial charge in [-0.25, -0.2) is 0 Å². The Labute approximate surface area is 103 Å². The Bertz CT molecular complexity index is 331. The first kappa shape index (κ1) is 12.3. The summed E-state index contributed by atoms with van der Waals surface area (Å²) < 4.78 is 0. The summed E-state index contributed by atoms with van der Waals surface area (Å²) >= 11 is 0. The Morgan fingerprint density at radius 2 is 1.88 bits per heavy atom. The summed E-state index contributed by atoms with van der Waals surface area (Å²) in [4.78, 5) is 2.24. The third-order valence-electron chi connectivity index (χ3n) is 3.60. The minimum atomic E-state index is -0.0412. The van der Waals surface area contributed by atoms with Gasteiger partial charge >= 0.3 is 0 Å². The summed E-state index contributed by atoms with van der Waals surface area (Å²) in [6, 6.07) is 4.38. The molecule has 0 spiro atoms. The van der Waals surface area contributed by atoms with Crippen molar-refractivity contribution in [2.75, 3.05) is 11.9 Å². The smallest absolute Gasteiger partial charge is 0.151 e. The van der Waals surface area contributed by atoms with Crippen LogP contribution in [-0.2, 0) is 6.61 Å². The van der Waals surface area contributed by atoms with E-state index in [2.05, 4.69) is 22.1 Å². The molecule has 1 heterocycles. The second-order valence-corrected chi connectivity index (χ2v) is 4.80. The molecule has 0 aromatic carbocycles. The Morgan fingerprint density at radius 3 is 2.41 bits per heavy atom. The molecule has 4 nitrogen and oxygen atoms in total. The van der Waals surface area contributed by atoms with Crippen LogP contribution in [0.15, 0.2) is 12.1 Å². The lowest BCUT2D eigenvalue weighted by Gasteiger charge is -2.27. The van der Waals surface area contributed by atoms with E-state index in [1.165, 1.54) is 38.5 Å². The maximum Gasteiger partial charge on any atom is 0.151 e. The lowest BCUT2D eigenvalue weighted by molar-refractivity contribution is 0.275. The largest absolute Gasteiger partial charge is 0.390 e. The van der Waals surface area contributed by atoms with Crippen LogP contribution in [0.25, 0.3) is 0 Å². The number of hydrogen-bond donors (Lipinski definition) is 1. The van der Waals surface area contributed by atoms with Crippen LogP contribution in [0.1, 0.15) is 44.2 Å². The van der Waals surface area contributed by atoms with Gasteiger partial charge in [-0.05, 0) is 25.0 Å². The van der Waals surface area contributed by atoms with Crippen LogP contribution in [0.2, 0.25) is 0 Å². The van der Waals surface area contributed by atoms with E-state index in [0.29, 0.717) is 11.7 Å². The topological polar surface area (TPSA) is 49.2 Å². The summed E-state index contributed by atoms with van der Waals surface area (Å²) in [7, 11) is 2.10. The van der Waals surface area contributed by atoms with Gasteiger partial charge in [0.2, 0.25) is 0 Å². The Hall–Kier alpha value is -1.16. The molecule has 0 aliphatic heterocycles. The second-order valence-electron chi connectivity index (χ2n) is 4.80. The molecule has 0 atom stereocenters. The van der Waals surface area contributed by atoms with Gasteiger partial charge < -0.3 is 10.0 Å². The van der Waals surface area contributed by atoms with Gasteiger partial charge in [0.15, 0.2) is 5.82 Å². The molecule has 0 amide bonds. The first-order valence-corrected chi connectivity index (χ1v) is 6.47. The third-order valence-corrected chi connectivity index (χ3v) is 3.60. The molecular formula is C13H21N3O. The fourth-order valence-corrected chi connectivity index (χ4v) is 2.46. The van der Waals surface area contributed by atoms with Crippen LogP contribution in [0.4, 0.5) is 5.82 Å². The molecule has 2 rings (SSSR count). The number of aliphatic hydroxyl groups excluding tert-OH is 1. The van der Waals surface area contributed by atoms with Crippen molar-refractivity contribution >= 4 is 5.82 Å². The molecule has 1 aromatic rings. The van der Waals surface area contributed by atoms with Crippen LogP contribution in [0, 0.1) is 0 Å². The Balaban J connectivity index is 2.03. The van der Waals surface area contributed by atoms with E-state index in [1.54, 1.807) is 0 Å². The Kier molecular flexibility index (Phi) is 4.31. The first-order chi connectivity index (χ1) is 8.31. The van der Waals surface area contributed by atoms with E-state index in [-0.39, 0.29) is 6.61 Å². The quantitative estimate of drug-likeness (QED) is 0.815. The number of rotatable bonds is 3. The molecule has 17 heavy (non-hydrogen) atoms. The molecule has 94 valence electrons. The molecular weight excluding hydrogens is 214 g/mol. The molecule has 1 aliphatic carbocycles. The van der Waals surface area contributed by atoms with Gasteiger partial charge in [-0.15, -0.1) is 5.10 Å².